The van der Waals surface area contributed by atoms with Crippen LogP contribution in [0.15, 0.2) is 28.0 Å². The summed E-state index contributed by atoms with van der Waals surface area (Å²) in [5, 5.41) is 2.09. The molecular formula is C9H9NS3. The maximum atomic E-state index is 5.90. The zero-order valence-electron chi connectivity index (χ0n) is 7.07. The van der Waals surface area contributed by atoms with Gasteiger partial charge < -0.3 is 5.73 Å². The van der Waals surface area contributed by atoms with Crippen molar-refractivity contribution in [2.24, 2.45) is 0 Å². The first-order valence-corrected chi connectivity index (χ1v) is 6.27. The van der Waals surface area contributed by atoms with Crippen molar-refractivity contribution >= 4 is 50.8 Å². The first-order valence-electron chi connectivity index (χ1n) is 3.78. The summed E-state index contributed by atoms with van der Waals surface area (Å²) in [5.41, 5.74) is 5.90. The zero-order chi connectivity index (χ0) is 9.42. The summed E-state index contributed by atoms with van der Waals surface area (Å²) in [6.45, 7) is 0. The van der Waals surface area contributed by atoms with Gasteiger partial charge >= 0.3 is 0 Å². The van der Waals surface area contributed by atoms with Crippen molar-refractivity contribution in [3.63, 3.8) is 0 Å². The molecule has 68 valence electrons. The maximum Gasteiger partial charge on any atom is 0.101 e. The van der Waals surface area contributed by atoms with Gasteiger partial charge in [-0.15, -0.1) is 35.7 Å². The lowest BCUT2D eigenvalue weighted by molar-refractivity contribution is 1.51. The number of hydrogen-bond donors (Lipinski definition) is 2. The van der Waals surface area contributed by atoms with Gasteiger partial charge in [0.05, 0.1) is 4.90 Å². The van der Waals surface area contributed by atoms with Crippen molar-refractivity contribution in [2.45, 2.75) is 9.79 Å². The molecule has 1 nitrogen and oxygen atoms in total. The van der Waals surface area contributed by atoms with Crippen molar-refractivity contribution in [3.8, 4) is 0 Å². The molecule has 0 saturated heterocycles. The molecular weight excluding hydrogens is 218 g/mol. The van der Waals surface area contributed by atoms with Gasteiger partial charge in [0.1, 0.15) is 5.00 Å². The van der Waals surface area contributed by atoms with E-state index >= 15 is 0 Å². The quantitative estimate of drug-likeness (QED) is 0.576. The molecule has 2 N–H and O–H groups in total. The Labute approximate surface area is 90.7 Å². The average molecular weight is 227 g/mol. The number of hydrogen-bond acceptors (Lipinski definition) is 4. The highest BCUT2D eigenvalue weighted by Gasteiger charge is 2.10. The third-order valence-corrected chi connectivity index (χ3v) is 4.20. The van der Waals surface area contributed by atoms with Gasteiger partial charge in [-0.25, -0.2) is 0 Å². The molecule has 0 radical (unpaired) electrons. The van der Waals surface area contributed by atoms with E-state index in [1.54, 1.807) is 23.1 Å². The van der Waals surface area contributed by atoms with Crippen LogP contribution < -0.4 is 5.73 Å². The Hall–Kier alpha value is -0.320. The predicted molar refractivity (Wildman–Crippen MR) is 65.3 cm³/mol. The number of benzene rings is 1. The minimum absolute atomic E-state index is 0.893. The Morgan fingerprint density at radius 3 is 2.92 bits per heavy atom. The number of anilines is 1. The fourth-order valence-electron chi connectivity index (χ4n) is 1.32. The Morgan fingerprint density at radius 2 is 2.23 bits per heavy atom. The Kier molecular flexibility index (Phi) is 2.45. The van der Waals surface area contributed by atoms with E-state index in [1.807, 2.05) is 18.4 Å². The molecule has 0 aliphatic heterocycles. The minimum atomic E-state index is 0.893. The average Bonchev–Trinajstić information content (AvgIpc) is 2.42. The van der Waals surface area contributed by atoms with E-state index in [-0.39, 0.29) is 0 Å². The van der Waals surface area contributed by atoms with Crippen LogP contribution in [0, 0.1) is 0 Å². The highest BCUT2D eigenvalue weighted by atomic mass is 32.2. The third-order valence-electron chi connectivity index (χ3n) is 1.88. The highest BCUT2D eigenvalue weighted by molar-refractivity contribution is 7.99. The van der Waals surface area contributed by atoms with Crippen molar-refractivity contribution in [3.05, 3.63) is 18.2 Å². The van der Waals surface area contributed by atoms with Gasteiger partial charge in [-0.3, -0.25) is 0 Å². The summed E-state index contributed by atoms with van der Waals surface area (Å²) in [7, 11) is 0. The summed E-state index contributed by atoms with van der Waals surface area (Å²) in [6, 6.07) is 6.08. The Bertz CT molecular complexity index is 447. The Balaban J connectivity index is 2.88. The van der Waals surface area contributed by atoms with Gasteiger partial charge in [0.2, 0.25) is 0 Å². The molecule has 0 aliphatic carbocycles. The number of rotatable bonds is 1. The van der Waals surface area contributed by atoms with Crippen molar-refractivity contribution in [1.29, 1.82) is 0 Å². The van der Waals surface area contributed by atoms with Crippen LogP contribution in [0.2, 0.25) is 0 Å². The SMILES string of the molecule is CSc1c(N)sc2cccc(S)c12. The van der Waals surface area contributed by atoms with Crippen LogP contribution in [-0.2, 0) is 0 Å². The molecule has 4 heteroatoms. The lowest BCUT2D eigenvalue weighted by Gasteiger charge is -1.97. The van der Waals surface area contributed by atoms with Gasteiger partial charge in [0.25, 0.3) is 0 Å². The van der Waals surface area contributed by atoms with Crippen LogP contribution in [-0.4, -0.2) is 6.26 Å². The molecule has 0 atom stereocenters. The molecule has 0 amide bonds. The minimum Gasteiger partial charge on any atom is -0.390 e. The van der Waals surface area contributed by atoms with Crippen LogP contribution in [0.5, 0.6) is 0 Å². The maximum absolute atomic E-state index is 5.90. The van der Waals surface area contributed by atoms with Gasteiger partial charge in [-0.1, -0.05) is 6.07 Å². The fourth-order valence-corrected chi connectivity index (χ4v) is 3.75. The van der Waals surface area contributed by atoms with Crippen LogP contribution >= 0.6 is 35.7 Å². The van der Waals surface area contributed by atoms with Gasteiger partial charge in [-0.05, 0) is 18.4 Å². The summed E-state index contributed by atoms with van der Waals surface area (Å²) in [5.74, 6) is 0. The van der Waals surface area contributed by atoms with E-state index < -0.39 is 0 Å². The van der Waals surface area contributed by atoms with Crippen molar-refractivity contribution < 1.29 is 0 Å². The number of fused-ring (bicyclic) bond motifs is 1. The zero-order valence-corrected chi connectivity index (χ0v) is 9.60. The second-order valence-electron chi connectivity index (χ2n) is 2.65. The van der Waals surface area contributed by atoms with Gasteiger partial charge in [-0.2, -0.15) is 0 Å². The molecule has 2 rings (SSSR count). The molecule has 0 spiro atoms. The fraction of sp³-hybridized carbons (Fsp3) is 0.111. The van der Waals surface area contributed by atoms with E-state index in [1.165, 1.54) is 10.1 Å². The van der Waals surface area contributed by atoms with E-state index in [0.717, 1.165) is 14.8 Å². The molecule has 2 aromatic rings. The first kappa shape index (κ1) is 9.24. The number of thiophene rings is 1. The Morgan fingerprint density at radius 1 is 1.46 bits per heavy atom. The standard InChI is InChI=1S/C9H9NS3/c1-12-8-7-5(11)3-2-4-6(7)13-9(8)10/h2-4,11H,10H2,1H3. The molecule has 0 fully saturated rings. The van der Waals surface area contributed by atoms with Crippen molar-refractivity contribution in [1.82, 2.24) is 0 Å². The first-order chi connectivity index (χ1) is 6.24. The topological polar surface area (TPSA) is 26.0 Å². The van der Waals surface area contributed by atoms with Crippen LogP contribution in [0.3, 0.4) is 0 Å². The third kappa shape index (κ3) is 1.43. The molecule has 0 saturated carbocycles. The molecule has 13 heavy (non-hydrogen) atoms. The molecule has 0 bridgehead atoms. The van der Waals surface area contributed by atoms with E-state index in [4.69, 9.17) is 5.73 Å². The smallest absolute Gasteiger partial charge is 0.101 e. The number of nitrogens with two attached hydrogens (primary N) is 1. The second kappa shape index (κ2) is 3.44. The van der Waals surface area contributed by atoms with Crippen LogP contribution in [0.1, 0.15) is 0 Å². The molecule has 0 aliphatic rings. The van der Waals surface area contributed by atoms with Crippen LogP contribution in [0.25, 0.3) is 10.1 Å². The van der Waals surface area contributed by atoms with Crippen molar-refractivity contribution in [2.75, 3.05) is 12.0 Å². The predicted octanol–water partition coefficient (Wildman–Crippen LogP) is 3.49. The molecule has 1 heterocycles. The normalized spacial score (nSPS) is 10.9. The molecule has 1 aromatic heterocycles. The highest BCUT2D eigenvalue weighted by Crippen LogP contribution is 2.41. The van der Waals surface area contributed by atoms with Gasteiger partial charge in [0.15, 0.2) is 0 Å². The summed E-state index contributed by atoms with van der Waals surface area (Å²) in [6.07, 6.45) is 2.04. The largest absolute Gasteiger partial charge is 0.390 e. The summed E-state index contributed by atoms with van der Waals surface area (Å²) in [4.78, 5) is 2.17. The summed E-state index contributed by atoms with van der Waals surface area (Å²) >= 11 is 7.73. The van der Waals surface area contributed by atoms with Crippen LogP contribution in [0.4, 0.5) is 5.00 Å². The number of thioether (sulfide) groups is 1. The second-order valence-corrected chi connectivity index (χ2v) is 5.03. The monoisotopic (exact) mass is 227 g/mol. The van der Waals surface area contributed by atoms with E-state index in [9.17, 15) is 0 Å². The lowest BCUT2D eigenvalue weighted by Crippen LogP contribution is -1.80. The van der Waals surface area contributed by atoms with E-state index in [2.05, 4.69) is 18.7 Å². The molecule has 1 aromatic carbocycles. The lowest BCUT2D eigenvalue weighted by atomic mass is 10.2. The number of thiol groups is 1. The van der Waals surface area contributed by atoms with E-state index in [0.29, 0.717) is 0 Å². The molecule has 0 unspecified atom stereocenters. The number of nitrogen functional groups attached to an aromatic ring is 1. The van der Waals surface area contributed by atoms with Gasteiger partial charge in [0, 0.05) is 15.0 Å². The summed E-state index contributed by atoms with van der Waals surface area (Å²) < 4.78 is 1.22.